The Morgan fingerprint density at radius 1 is 1.06 bits per heavy atom. The lowest BCUT2D eigenvalue weighted by Crippen LogP contribution is -2.41. The summed E-state index contributed by atoms with van der Waals surface area (Å²) in [7, 11) is 0. The molecule has 1 fully saturated rings. The summed E-state index contributed by atoms with van der Waals surface area (Å²) < 4.78 is 19.4. The van der Waals surface area contributed by atoms with Gasteiger partial charge in [0, 0.05) is 18.2 Å². The van der Waals surface area contributed by atoms with Crippen molar-refractivity contribution in [2.45, 2.75) is 32.2 Å². The van der Waals surface area contributed by atoms with Crippen LogP contribution in [-0.4, -0.2) is 29.9 Å². The third-order valence-electron chi connectivity index (χ3n) is 6.41. The zero-order valence-electron chi connectivity index (χ0n) is 19.1. The Morgan fingerprint density at radius 3 is 2.59 bits per heavy atom. The highest BCUT2D eigenvalue weighted by atomic mass is 19.1. The quantitative estimate of drug-likeness (QED) is 0.563. The van der Waals surface area contributed by atoms with Gasteiger partial charge in [0.25, 0.3) is 5.91 Å². The van der Waals surface area contributed by atoms with Gasteiger partial charge in [-0.1, -0.05) is 30.3 Å². The van der Waals surface area contributed by atoms with Crippen LogP contribution in [0.2, 0.25) is 0 Å². The number of halogens is 1. The molecule has 3 aromatic carbocycles. The number of aryl methyl sites for hydroxylation is 1. The summed E-state index contributed by atoms with van der Waals surface area (Å²) in [5.41, 5.74) is 4.75. The third kappa shape index (κ3) is 4.81. The molecule has 1 aliphatic carbocycles. The van der Waals surface area contributed by atoms with Crippen LogP contribution < -0.4 is 10.1 Å². The number of benzene rings is 3. The first kappa shape index (κ1) is 22.1. The standard InChI is InChI=1S/C28H27FN2O3/c1-18-3-2-4-23(15-18)30-26(32)17-34-24-12-9-19-13-14-31(28(33)21-5-6-21)27(25(19)16-24)20-7-10-22(29)11-8-20/h2-4,7-12,15-16,21,27H,5-6,13-14,17H2,1H3,(H,30,32). The maximum atomic E-state index is 13.6. The van der Waals surface area contributed by atoms with Crippen LogP contribution in [0.15, 0.2) is 66.7 Å². The van der Waals surface area contributed by atoms with E-state index in [1.165, 1.54) is 12.1 Å². The lowest BCUT2D eigenvalue weighted by Gasteiger charge is -2.38. The van der Waals surface area contributed by atoms with E-state index in [0.29, 0.717) is 12.3 Å². The van der Waals surface area contributed by atoms with E-state index in [1.807, 2.05) is 54.3 Å². The van der Waals surface area contributed by atoms with Crippen LogP contribution in [0.3, 0.4) is 0 Å². The minimum atomic E-state index is -0.309. The molecule has 0 saturated heterocycles. The Kier molecular flexibility index (Phi) is 6.05. The predicted molar refractivity (Wildman–Crippen MR) is 128 cm³/mol. The first-order chi connectivity index (χ1) is 16.5. The molecule has 0 aromatic heterocycles. The van der Waals surface area contributed by atoms with Gasteiger partial charge in [-0.3, -0.25) is 9.59 Å². The van der Waals surface area contributed by atoms with Crippen LogP contribution in [0, 0.1) is 18.7 Å². The molecule has 1 unspecified atom stereocenters. The summed E-state index contributed by atoms with van der Waals surface area (Å²) in [5.74, 6) is 0.254. The van der Waals surface area contributed by atoms with E-state index in [9.17, 15) is 14.0 Å². The number of anilines is 1. The van der Waals surface area contributed by atoms with Gasteiger partial charge in [-0.15, -0.1) is 0 Å². The molecule has 3 aromatic rings. The van der Waals surface area contributed by atoms with E-state index in [0.717, 1.165) is 47.2 Å². The Hall–Kier alpha value is -3.67. The zero-order chi connectivity index (χ0) is 23.7. The molecule has 0 spiro atoms. The number of nitrogens with one attached hydrogen (secondary N) is 1. The zero-order valence-corrected chi connectivity index (χ0v) is 19.1. The summed E-state index contributed by atoms with van der Waals surface area (Å²) in [4.78, 5) is 27.4. The summed E-state index contributed by atoms with van der Waals surface area (Å²) >= 11 is 0. The average molecular weight is 459 g/mol. The second-order valence-electron chi connectivity index (χ2n) is 9.08. The molecule has 174 valence electrons. The summed E-state index contributed by atoms with van der Waals surface area (Å²) in [6.45, 7) is 2.47. The molecule has 1 aliphatic heterocycles. The van der Waals surface area contributed by atoms with Gasteiger partial charge < -0.3 is 15.0 Å². The first-order valence-electron chi connectivity index (χ1n) is 11.7. The van der Waals surface area contributed by atoms with E-state index in [1.54, 1.807) is 12.1 Å². The van der Waals surface area contributed by atoms with Crippen LogP contribution in [0.4, 0.5) is 10.1 Å². The number of fused-ring (bicyclic) bond motifs is 1. The molecule has 1 saturated carbocycles. The molecule has 2 aliphatic rings. The number of carbonyl (C=O) groups is 2. The van der Waals surface area contributed by atoms with Crippen molar-refractivity contribution >= 4 is 17.5 Å². The third-order valence-corrected chi connectivity index (χ3v) is 6.41. The monoisotopic (exact) mass is 458 g/mol. The number of ether oxygens (including phenoxy) is 1. The van der Waals surface area contributed by atoms with Gasteiger partial charge in [0.2, 0.25) is 5.91 Å². The summed E-state index contributed by atoms with van der Waals surface area (Å²) in [5, 5.41) is 2.84. The van der Waals surface area contributed by atoms with E-state index in [2.05, 4.69) is 5.32 Å². The highest BCUT2D eigenvalue weighted by Crippen LogP contribution is 2.41. The molecular formula is C28H27FN2O3. The van der Waals surface area contributed by atoms with Crippen molar-refractivity contribution < 1.29 is 18.7 Å². The normalized spacial score (nSPS) is 17.1. The number of amides is 2. The van der Waals surface area contributed by atoms with Gasteiger partial charge >= 0.3 is 0 Å². The van der Waals surface area contributed by atoms with Crippen LogP contribution in [0.5, 0.6) is 5.75 Å². The highest BCUT2D eigenvalue weighted by Gasteiger charge is 2.39. The van der Waals surface area contributed by atoms with Crippen LogP contribution in [0.25, 0.3) is 0 Å². The first-order valence-corrected chi connectivity index (χ1v) is 11.7. The number of hydrogen-bond donors (Lipinski definition) is 1. The van der Waals surface area contributed by atoms with Gasteiger partial charge in [0.05, 0.1) is 6.04 Å². The van der Waals surface area contributed by atoms with Gasteiger partial charge in [0.15, 0.2) is 6.61 Å². The summed E-state index contributed by atoms with van der Waals surface area (Å²) in [6.07, 6.45) is 2.61. The topological polar surface area (TPSA) is 58.6 Å². The SMILES string of the molecule is Cc1cccc(NC(=O)COc2ccc3c(c2)C(c2ccc(F)cc2)N(C(=O)C2CC2)CC3)c1. The molecule has 2 amide bonds. The fourth-order valence-corrected chi connectivity index (χ4v) is 4.56. The van der Waals surface area contributed by atoms with Crippen molar-refractivity contribution in [1.82, 2.24) is 4.90 Å². The lowest BCUT2D eigenvalue weighted by atomic mass is 9.87. The predicted octanol–water partition coefficient (Wildman–Crippen LogP) is 5.04. The Bertz CT molecular complexity index is 1220. The molecule has 5 nitrogen and oxygen atoms in total. The number of nitrogens with zero attached hydrogens (tertiary/aromatic N) is 1. The fourth-order valence-electron chi connectivity index (χ4n) is 4.56. The van der Waals surface area contributed by atoms with Crippen LogP contribution in [-0.2, 0) is 16.0 Å². The highest BCUT2D eigenvalue weighted by molar-refractivity contribution is 5.92. The van der Waals surface area contributed by atoms with E-state index < -0.39 is 0 Å². The van der Waals surface area contributed by atoms with E-state index in [-0.39, 0.29) is 36.2 Å². The van der Waals surface area contributed by atoms with E-state index >= 15 is 0 Å². The van der Waals surface area contributed by atoms with Crippen LogP contribution >= 0.6 is 0 Å². The number of hydrogen-bond acceptors (Lipinski definition) is 3. The maximum Gasteiger partial charge on any atom is 0.262 e. The molecule has 6 heteroatoms. The second kappa shape index (κ2) is 9.29. The van der Waals surface area contributed by atoms with Crippen molar-refractivity contribution in [2.24, 2.45) is 5.92 Å². The molecule has 0 bridgehead atoms. The molecule has 34 heavy (non-hydrogen) atoms. The smallest absolute Gasteiger partial charge is 0.262 e. The Labute approximate surface area is 198 Å². The van der Waals surface area contributed by atoms with Crippen molar-refractivity contribution in [3.8, 4) is 5.75 Å². The van der Waals surface area contributed by atoms with Gasteiger partial charge in [-0.05, 0) is 84.8 Å². The minimum Gasteiger partial charge on any atom is -0.484 e. The lowest BCUT2D eigenvalue weighted by molar-refractivity contribution is -0.134. The van der Waals surface area contributed by atoms with Gasteiger partial charge in [-0.25, -0.2) is 4.39 Å². The summed E-state index contributed by atoms with van der Waals surface area (Å²) in [6, 6.07) is 19.4. The molecule has 1 atom stereocenters. The molecular weight excluding hydrogens is 431 g/mol. The van der Waals surface area contributed by atoms with Crippen molar-refractivity contribution in [3.63, 3.8) is 0 Å². The molecule has 5 rings (SSSR count). The van der Waals surface area contributed by atoms with Crippen molar-refractivity contribution in [1.29, 1.82) is 0 Å². The molecule has 1 heterocycles. The average Bonchev–Trinajstić information content (AvgIpc) is 3.68. The van der Waals surface area contributed by atoms with Gasteiger partial charge in [-0.2, -0.15) is 0 Å². The van der Waals surface area contributed by atoms with Crippen LogP contribution in [0.1, 0.15) is 41.1 Å². The van der Waals surface area contributed by atoms with Crippen molar-refractivity contribution in [3.05, 3.63) is 94.8 Å². The number of carbonyl (C=O) groups excluding carboxylic acids is 2. The fraction of sp³-hybridized carbons (Fsp3) is 0.286. The largest absolute Gasteiger partial charge is 0.484 e. The Balaban J connectivity index is 1.37. The van der Waals surface area contributed by atoms with Gasteiger partial charge in [0.1, 0.15) is 11.6 Å². The maximum absolute atomic E-state index is 13.6. The second-order valence-corrected chi connectivity index (χ2v) is 9.08. The van der Waals surface area contributed by atoms with Crippen molar-refractivity contribution in [2.75, 3.05) is 18.5 Å². The van der Waals surface area contributed by atoms with E-state index in [4.69, 9.17) is 4.74 Å². The molecule has 0 radical (unpaired) electrons. The molecule has 1 N–H and O–H groups in total. The Morgan fingerprint density at radius 2 is 1.85 bits per heavy atom. The number of rotatable bonds is 6. The minimum absolute atomic E-state index is 0.0919.